The number of anilines is 2. The van der Waals surface area contributed by atoms with Gasteiger partial charge in [0.25, 0.3) is 5.91 Å². The van der Waals surface area contributed by atoms with Crippen LogP contribution in [0, 0.1) is 6.92 Å². The van der Waals surface area contributed by atoms with Crippen LogP contribution in [0.15, 0.2) is 29.5 Å². The second-order valence-electron chi connectivity index (χ2n) is 6.19. The van der Waals surface area contributed by atoms with Crippen LogP contribution in [0.5, 0.6) is 0 Å². The molecule has 0 bridgehead atoms. The van der Waals surface area contributed by atoms with E-state index >= 15 is 0 Å². The Labute approximate surface area is 143 Å². The third-order valence-corrected chi connectivity index (χ3v) is 4.70. The molecule has 9 nitrogen and oxygen atoms in total. The normalized spacial score (nSPS) is 17.1. The van der Waals surface area contributed by atoms with Gasteiger partial charge in [-0.1, -0.05) is 5.10 Å². The highest BCUT2D eigenvalue weighted by Crippen LogP contribution is 2.32. The Kier molecular flexibility index (Phi) is 3.31. The van der Waals surface area contributed by atoms with Crippen molar-refractivity contribution in [3.8, 4) is 0 Å². The molecule has 0 saturated carbocycles. The number of carbonyl (C=O) groups is 1. The number of H-pyrrole nitrogens is 1. The van der Waals surface area contributed by atoms with Gasteiger partial charge in [0.1, 0.15) is 0 Å². The predicted octanol–water partition coefficient (Wildman–Crippen LogP) is 1.78. The molecule has 1 aliphatic rings. The Bertz CT molecular complexity index is 1010. The van der Waals surface area contributed by atoms with Crippen molar-refractivity contribution in [1.82, 2.24) is 30.4 Å². The first-order valence-electron chi connectivity index (χ1n) is 7.96. The molecule has 1 atom stereocenters. The average Bonchev–Trinajstić information content (AvgIpc) is 3.21. The maximum atomic E-state index is 12.9. The summed E-state index contributed by atoms with van der Waals surface area (Å²) in [6, 6.07) is 5.39. The minimum absolute atomic E-state index is 0.168. The standard InChI is InChI=1S/C16H18N8O/c1-8-12-7-11(5-6-13(12)19-18-8)17-15(25)14-9(2)23(4)16-20-21-22-24(16)10(14)3/h5-7,10H,1-4H3,(H,17,25)(H,18,19)/t10-/m0/s1. The lowest BCUT2D eigenvalue weighted by Gasteiger charge is -2.30. The molecular weight excluding hydrogens is 320 g/mol. The number of aryl methyl sites for hydroxylation is 1. The molecule has 0 fully saturated rings. The van der Waals surface area contributed by atoms with Crippen LogP contribution in [-0.2, 0) is 4.79 Å². The topological polar surface area (TPSA) is 105 Å². The predicted molar refractivity (Wildman–Crippen MR) is 93.1 cm³/mol. The van der Waals surface area contributed by atoms with E-state index in [4.69, 9.17) is 0 Å². The first kappa shape index (κ1) is 15.3. The molecular formula is C16H18N8O. The molecule has 0 spiro atoms. The van der Waals surface area contributed by atoms with Crippen LogP contribution >= 0.6 is 0 Å². The summed E-state index contributed by atoms with van der Waals surface area (Å²) in [7, 11) is 1.84. The molecule has 1 amide bonds. The number of aromatic amines is 1. The summed E-state index contributed by atoms with van der Waals surface area (Å²) >= 11 is 0. The zero-order valence-corrected chi connectivity index (χ0v) is 14.4. The molecule has 25 heavy (non-hydrogen) atoms. The van der Waals surface area contributed by atoms with Gasteiger partial charge in [-0.3, -0.25) is 9.89 Å². The third kappa shape index (κ3) is 2.27. The molecule has 0 saturated heterocycles. The number of allylic oxidation sites excluding steroid dienone is 1. The first-order chi connectivity index (χ1) is 12.0. The molecule has 0 aliphatic carbocycles. The summed E-state index contributed by atoms with van der Waals surface area (Å²) in [4.78, 5) is 14.7. The van der Waals surface area contributed by atoms with Crippen LogP contribution in [0.2, 0.25) is 0 Å². The van der Waals surface area contributed by atoms with Crippen LogP contribution in [0.25, 0.3) is 10.9 Å². The number of nitrogens with zero attached hydrogens (tertiary/aromatic N) is 6. The van der Waals surface area contributed by atoms with E-state index in [1.165, 1.54) is 0 Å². The summed E-state index contributed by atoms with van der Waals surface area (Å²) < 4.78 is 1.64. The van der Waals surface area contributed by atoms with E-state index in [-0.39, 0.29) is 11.9 Å². The van der Waals surface area contributed by atoms with Gasteiger partial charge in [0.05, 0.1) is 17.1 Å². The van der Waals surface area contributed by atoms with E-state index in [0.717, 1.165) is 28.0 Å². The summed E-state index contributed by atoms with van der Waals surface area (Å²) in [5.41, 5.74) is 4.01. The number of aromatic nitrogens is 6. The molecule has 1 aromatic carbocycles. The Hall–Kier alpha value is -3.23. The molecule has 9 heteroatoms. The van der Waals surface area contributed by atoms with Gasteiger partial charge in [0.2, 0.25) is 5.95 Å². The van der Waals surface area contributed by atoms with Crippen molar-refractivity contribution in [1.29, 1.82) is 0 Å². The second kappa shape index (κ2) is 5.40. The van der Waals surface area contributed by atoms with Gasteiger partial charge in [-0.25, -0.2) is 4.68 Å². The quantitative estimate of drug-likeness (QED) is 0.738. The van der Waals surface area contributed by atoms with Crippen molar-refractivity contribution in [2.45, 2.75) is 26.8 Å². The van der Waals surface area contributed by atoms with Crippen molar-refractivity contribution in [3.05, 3.63) is 35.2 Å². The third-order valence-electron chi connectivity index (χ3n) is 4.70. The van der Waals surface area contributed by atoms with Gasteiger partial charge in [0, 0.05) is 29.5 Å². The van der Waals surface area contributed by atoms with Gasteiger partial charge in [-0.05, 0) is 49.4 Å². The Morgan fingerprint density at radius 3 is 2.92 bits per heavy atom. The minimum atomic E-state index is -0.249. The lowest BCUT2D eigenvalue weighted by Crippen LogP contribution is -2.34. The lowest BCUT2D eigenvalue weighted by molar-refractivity contribution is -0.113. The van der Waals surface area contributed by atoms with Gasteiger partial charge in [-0.2, -0.15) is 5.10 Å². The number of carbonyl (C=O) groups excluding carboxylic acids is 1. The maximum Gasteiger partial charge on any atom is 0.255 e. The monoisotopic (exact) mass is 338 g/mol. The Balaban J connectivity index is 1.67. The van der Waals surface area contributed by atoms with Crippen LogP contribution in [-0.4, -0.2) is 43.4 Å². The van der Waals surface area contributed by atoms with Crippen molar-refractivity contribution in [2.24, 2.45) is 0 Å². The molecule has 2 N–H and O–H groups in total. The summed E-state index contributed by atoms with van der Waals surface area (Å²) in [5.74, 6) is 0.454. The molecule has 3 heterocycles. The minimum Gasteiger partial charge on any atom is -0.322 e. The van der Waals surface area contributed by atoms with E-state index < -0.39 is 0 Å². The van der Waals surface area contributed by atoms with Crippen LogP contribution in [0.3, 0.4) is 0 Å². The number of rotatable bonds is 2. The SMILES string of the molecule is CC1=C(C(=O)Nc2ccc3n[nH]c(C)c3c2)[C@H](C)n2nnnc2N1C. The highest BCUT2D eigenvalue weighted by atomic mass is 16.1. The molecule has 3 aromatic rings. The number of amides is 1. The first-order valence-corrected chi connectivity index (χ1v) is 7.96. The smallest absolute Gasteiger partial charge is 0.255 e. The van der Waals surface area contributed by atoms with Crippen molar-refractivity contribution in [3.63, 3.8) is 0 Å². The zero-order chi connectivity index (χ0) is 17.7. The van der Waals surface area contributed by atoms with Gasteiger partial charge < -0.3 is 10.2 Å². The maximum absolute atomic E-state index is 12.9. The second-order valence-corrected chi connectivity index (χ2v) is 6.19. The van der Waals surface area contributed by atoms with E-state index in [9.17, 15) is 4.79 Å². The number of benzene rings is 1. The number of hydrogen-bond acceptors (Lipinski definition) is 6. The lowest BCUT2D eigenvalue weighted by atomic mass is 10.0. The van der Waals surface area contributed by atoms with Crippen LogP contribution in [0.1, 0.15) is 25.6 Å². The molecule has 1 aliphatic heterocycles. The van der Waals surface area contributed by atoms with E-state index in [0.29, 0.717) is 11.5 Å². The Morgan fingerprint density at radius 2 is 2.12 bits per heavy atom. The van der Waals surface area contributed by atoms with Gasteiger partial charge >= 0.3 is 0 Å². The number of nitrogens with one attached hydrogen (secondary N) is 2. The average molecular weight is 338 g/mol. The van der Waals surface area contributed by atoms with E-state index in [2.05, 4.69) is 31.0 Å². The van der Waals surface area contributed by atoms with Crippen molar-refractivity contribution >= 4 is 28.4 Å². The fourth-order valence-corrected chi connectivity index (χ4v) is 3.18. The Morgan fingerprint density at radius 1 is 1.32 bits per heavy atom. The summed E-state index contributed by atoms with van der Waals surface area (Å²) in [6.07, 6.45) is 0. The highest BCUT2D eigenvalue weighted by molar-refractivity contribution is 6.06. The number of tetrazole rings is 1. The van der Waals surface area contributed by atoms with Crippen LogP contribution < -0.4 is 10.2 Å². The molecule has 0 unspecified atom stereocenters. The van der Waals surface area contributed by atoms with E-state index in [1.807, 2.05) is 50.9 Å². The van der Waals surface area contributed by atoms with Gasteiger partial charge in [-0.15, -0.1) is 0 Å². The molecule has 128 valence electrons. The number of hydrogen-bond donors (Lipinski definition) is 2. The largest absolute Gasteiger partial charge is 0.322 e. The highest BCUT2D eigenvalue weighted by Gasteiger charge is 2.32. The van der Waals surface area contributed by atoms with Crippen molar-refractivity contribution in [2.75, 3.05) is 17.3 Å². The summed E-state index contributed by atoms with van der Waals surface area (Å²) in [6.45, 7) is 5.76. The van der Waals surface area contributed by atoms with Crippen LogP contribution in [0.4, 0.5) is 11.6 Å². The zero-order valence-electron chi connectivity index (χ0n) is 14.4. The molecule has 2 aromatic heterocycles. The molecule has 4 rings (SSSR count). The van der Waals surface area contributed by atoms with E-state index in [1.54, 1.807) is 4.68 Å². The fraction of sp³-hybridized carbons (Fsp3) is 0.312. The molecule has 0 radical (unpaired) electrons. The van der Waals surface area contributed by atoms with Gasteiger partial charge in [0.15, 0.2) is 0 Å². The number of fused-ring (bicyclic) bond motifs is 2. The summed E-state index contributed by atoms with van der Waals surface area (Å²) in [5, 5.41) is 22.8. The fourth-order valence-electron chi connectivity index (χ4n) is 3.18. The van der Waals surface area contributed by atoms with Crippen molar-refractivity contribution < 1.29 is 4.79 Å².